The zero-order valence-electron chi connectivity index (χ0n) is 8.78. The van der Waals surface area contributed by atoms with Crippen LogP contribution in [0, 0.1) is 10.1 Å². The maximum Gasteiger partial charge on any atom is 0.287 e. The summed E-state index contributed by atoms with van der Waals surface area (Å²) in [5.74, 6) is 0. The van der Waals surface area contributed by atoms with E-state index in [1.54, 1.807) is 12.1 Å². The van der Waals surface area contributed by atoms with Crippen molar-refractivity contribution in [3.8, 4) is 0 Å². The Balaban J connectivity index is 0.000000181. The van der Waals surface area contributed by atoms with E-state index in [9.17, 15) is 10.1 Å². The summed E-state index contributed by atoms with van der Waals surface area (Å²) in [7, 11) is 0. The molecule has 88 valence electrons. The monoisotopic (exact) mass is 243 g/mol. The maximum absolute atomic E-state index is 10.1. The molecule has 2 rings (SSSR count). The van der Waals surface area contributed by atoms with Crippen molar-refractivity contribution in [2.24, 2.45) is 0 Å². The van der Waals surface area contributed by atoms with Crippen molar-refractivity contribution >= 4 is 17.3 Å². The second kappa shape index (κ2) is 7.16. The van der Waals surface area contributed by atoms with Crippen molar-refractivity contribution in [2.75, 3.05) is 26.2 Å². The van der Waals surface area contributed by atoms with Gasteiger partial charge in [-0.25, -0.2) is 0 Å². The Morgan fingerprint density at radius 3 is 1.94 bits per heavy atom. The standard InChI is InChI=1S/C6H4ClNO2.C4H10N2/c7-5-3-1-2-4-6(5)8(9)10;1-2-6-4-3-5-1/h1-4H;5-6H,1-4H2. The van der Waals surface area contributed by atoms with Gasteiger partial charge in [0.1, 0.15) is 5.02 Å². The second-order valence-electron chi connectivity index (χ2n) is 3.21. The van der Waals surface area contributed by atoms with Crippen LogP contribution in [0.15, 0.2) is 24.3 Å². The van der Waals surface area contributed by atoms with Crippen molar-refractivity contribution in [1.29, 1.82) is 0 Å². The number of rotatable bonds is 1. The van der Waals surface area contributed by atoms with E-state index in [1.165, 1.54) is 12.1 Å². The summed E-state index contributed by atoms with van der Waals surface area (Å²) in [6.45, 7) is 4.56. The van der Waals surface area contributed by atoms with Gasteiger partial charge < -0.3 is 10.6 Å². The molecule has 16 heavy (non-hydrogen) atoms. The van der Waals surface area contributed by atoms with Gasteiger partial charge in [-0.3, -0.25) is 10.1 Å². The Labute approximate surface area is 98.9 Å². The van der Waals surface area contributed by atoms with Crippen LogP contribution in [-0.2, 0) is 0 Å². The minimum Gasteiger partial charge on any atom is -0.314 e. The average molecular weight is 244 g/mol. The summed E-state index contributed by atoms with van der Waals surface area (Å²) in [6.07, 6.45) is 0. The first-order valence-corrected chi connectivity index (χ1v) is 5.40. The van der Waals surface area contributed by atoms with Gasteiger partial charge >= 0.3 is 0 Å². The number of nitro benzene ring substituents is 1. The molecule has 1 aliphatic heterocycles. The quantitative estimate of drug-likeness (QED) is 0.578. The number of nitrogens with one attached hydrogen (secondary N) is 2. The highest BCUT2D eigenvalue weighted by atomic mass is 35.5. The number of halogens is 1. The van der Waals surface area contributed by atoms with E-state index in [1.807, 2.05) is 0 Å². The molecule has 0 radical (unpaired) electrons. The summed E-state index contributed by atoms with van der Waals surface area (Å²) in [5.41, 5.74) is -0.0517. The topological polar surface area (TPSA) is 67.2 Å². The van der Waals surface area contributed by atoms with Crippen LogP contribution in [0.2, 0.25) is 5.02 Å². The fourth-order valence-corrected chi connectivity index (χ4v) is 1.41. The lowest BCUT2D eigenvalue weighted by molar-refractivity contribution is -0.384. The van der Waals surface area contributed by atoms with Crippen LogP contribution in [-0.4, -0.2) is 31.1 Å². The first-order chi connectivity index (χ1) is 7.72. The molecule has 5 nitrogen and oxygen atoms in total. The number of benzene rings is 1. The molecule has 0 spiro atoms. The predicted molar refractivity (Wildman–Crippen MR) is 63.8 cm³/mol. The van der Waals surface area contributed by atoms with Crippen LogP contribution in [0.5, 0.6) is 0 Å². The lowest BCUT2D eigenvalue weighted by Gasteiger charge is -2.11. The first kappa shape index (κ1) is 12.9. The van der Waals surface area contributed by atoms with E-state index in [4.69, 9.17) is 11.6 Å². The van der Waals surface area contributed by atoms with Crippen molar-refractivity contribution in [3.05, 3.63) is 39.4 Å². The zero-order valence-corrected chi connectivity index (χ0v) is 9.54. The normalized spacial score (nSPS) is 14.8. The minimum atomic E-state index is -0.512. The molecule has 0 amide bonds. The van der Waals surface area contributed by atoms with Crippen molar-refractivity contribution in [2.45, 2.75) is 0 Å². The summed E-state index contributed by atoms with van der Waals surface area (Å²) in [5, 5.41) is 16.8. The molecule has 0 aromatic heterocycles. The molecular weight excluding hydrogens is 230 g/mol. The van der Waals surface area contributed by atoms with E-state index in [0.717, 1.165) is 26.2 Å². The van der Waals surface area contributed by atoms with E-state index in [-0.39, 0.29) is 10.7 Å². The Hall–Kier alpha value is -1.17. The van der Waals surface area contributed by atoms with Crippen molar-refractivity contribution < 1.29 is 4.92 Å². The molecule has 1 heterocycles. The van der Waals surface area contributed by atoms with Gasteiger partial charge in [0.15, 0.2) is 0 Å². The molecule has 0 aliphatic carbocycles. The molecule has 1 saturated heterocycles. The minimum absolute atomic E-state index is 0.0517. The number of hydrogen-bond acceptors (Lipinski definition) is 4. The van der Waals surface area contributed by atoms with E-state index < -0.39 is 4.92 Å². The molecular formula is C10H14ClN3O2. The average Bonchev–Trinajstić information content (AvgIpc) is 2.32. The van der Waals surface area contributed by atoms with E-state index in [2.05, 4.69) is 10.6 Å². The molecule has 1 fully saturated rings. The molecule has 0 bridgehead atoms. The number of nitro groups is 1. The first-order valence-electron chi connectivity index (χ1n) is 5.02. The summed E-state index contributed by atoms with van der Waals surface area (Å²) >= 11 is 5.48. The molecule has 1 aromatic carbocycles. The third-order valence-electron chi connectivity index (χ3n) is 2.01. The highest BCUT2D eigenvalue weighted by molar-refractivity contribution is 6.32. The highest BCUT2D eigenvalue weighted by Gasteiger charge is 2.08. The number of nitrogens with zero attached hydrogens (tertiary/aromatic N) is 1. The van der Waals surface area contributed by atoms with Gasteiger partial charge in [-0.15, -0.1) is 0 Å². The fourth-order valence-electron chi connectivity index (χ4n) is 1.20. The number of hydrogen-bond donors (Lipinski definition) is 2. The number of piperazine rings is 1. The van der Waals surface area contributed by atoms with Crippen molar-refractivity contribution in [3.63, 3.8) is 0 Å². The molecule has 1 aliphatic rings. The third kappa shape index (κ3) is 4.57. The molecule has 0 atom stereocenters. The Kier molecular flexibility index (Phi) is 5.77. The van der Waals surface area contributed by atoms with Crippen LogP contribution < -0.4 is 10.6 Å². The number of para-hydroxylation sites is 1. The van der Waals surface area contributed by atoms with Gasteiger partial charge in [0, 0.05) is 32.2 Å². The van der Waals surface area contributed by atoms with Crippen LogP contribution in [0.1, 0.15) is 0 Å². The van der Waals surface area contributed by atoms with Crippen LogP contribution in [0.3, 0.4) is 0 Å². The summed E-state index contributed by atoms with van der Waals surface area (Å²) in [4.78, 5) is 9.63. The zero-order chi connectivity index (χ0) is 11.8. The summed E-state index contributed by atoms with van der Waals surface area (Å²) in [6, 6.07) is 6.07. The highest BCUT2D eigenvalue weighted by Crippen LogP contribution is 2.21. The molecule has 0 saturated carbocycles. The third-order valence-corrected chi connectivity index (χ3v) is 2.33. The Morgan fingerprint density at radius 1 is 1.12 bits per heavy atom. The Bertz CT molecular complexity index is 331. The van der Waals surface area contributed by atoms with Gasteiger partial charge in [-0.05, 0) is 6.07 Å². The van der Waals surface area contributed by atoms with Crippen molar-refractivity contribution in [1.82, 2.24) is 10.6 Å². The lowest BCUT2D eigenvalue weighted by Crippen LogP contribution is -2.39. The van der Waals surface area contributed by atoms with Crippen LogP contribution in [0.25, 0.3) is 0 Å². The largest absolute Gasteiger partial charge is 0.314 e. The summed E-state index contributed by atoms with van der Waals surface area (Å²) < 4.78 is 0. The second-order valence-corrected chi connectivity index (χ2v) is 3.62. The maximum atomic E-state index is 10.1. The van der Waals surface area contributed by atoms with E-state index >= 15 is 0 Å². The molecule has 2 N–H and O–H groups in total. The van der Waals surface area contributed by atoms with Crippen LogP contribution >= 0.6 is 11.6 Å². The molecule has 6 heteroatoms. The van der Waals surface area contributed by atoms with Gasteiger partial charge in [-0.1, -0.05) is 23.7 Å². The Morgan fingerprint density at radius 2 is 1.62 bits per heavy atom. The SMILES string of the molecule is C1CNCCN1.O=[N+]([O-])c1ccccc1Cl. The van der Waals surface area contributed by atoms with Gasteiger partial charge in [0.05, 0.1) is 4.92 Å². The van der Waals surface area contributed by atoms with Gasteiger partial charge in [0.2, 0.25) is 0 Å². The lowest BCUT2D eigenvalue weighted by atomic mass is 10.3. The fraction of sp³-hybridized carbons (Fsp3) is 0.400. The smallest absolute Gasteiger partial charge is 0.287 e. The van der Waals surface area contributed by atoms with E-state index in [0.29, 0.717) is 0 Å². The molecule has 0 unspecified atom stereocenters. The molecule has 1 aromatic rings. The van der Waals surface area contributed by atoms with Crippen LogP contribution in [0.4, 0.5) is 5.69 Å². The predicted octanol–water partition coefficient (Wildman–Crippen LogP) is 1.43. The van der Waals surface area contributed by atoms with Gasteiger partial charge in [-0.2, -0.15) is 0 Å². The van der Waals surface area contributed by atoms with Gasteiger partial charge in [0.25, 0.3) is 5.69 Å².